The van der Waals surface area contributed by atoms with Crippen LogP contribution in [0, 0.1) is 0 Å². The lowest BCUT2D eigenvalue weighted by molar-refractivity contribution is 0.0714. The van der Waals surface area contributed by atoms with Gasteiger partial charge in [0.25, 0.3) is 0 Å². The summed E-state index contributed by atoms with van der Waals surface area (Å²) in [7, 11) is 3.59. The van der Waals surface area contributed by atoms with E-state index in [-0.39, 0.29) is 0 Å². The first-order chi connectivity index (χ1) is 5.38. The molecule has 6 heteroatoms. The molecule has 1 heterocycles. The summed E-state index contributed by atoms with van der Waals surface area (Å²) in [5, 5.41) is 0. The first-order valence-corrected chi connectivity index (χ1v) is 17.3. The van der Waals surface area contributed by atoms with Crippen molar-refractivity contribution in [2.75, 3.05) is 13.2 Å². The van der Waals surface area contributed by atoms with Gasteiger partial charge in [0, 0.05) is 38.8 Å². The van der Waals surface area contributed by atoms with E-state index >= 15 is 0 Å². The zero-order valence-corrected chi connectivity index (χ0v) is 14.5. The highest BCUT2D eigenvalue weighted by Gasteiger charge is 2.17. The molecule has 0 bridgehead atoms. The molecule has 11 heavy (non-hydrogen) atoms. The van der Waals surface area contributed by atoms with E-state index in [0.29, 0.717) is 18.4 Å². The van der Waals surface area contributed by atoms with Crippen LogP contribution in [0.15, 0.2) is 0 Å². The number of hydrogen-bond donors (Lipinski definition) is 0. The van der Waals surface area contributed by atoms with Crippen molar-refractivity contribution in [1.82, 2.24) is 4.23 Å². The van der Waals surface area contributed by atoms with Crippen molar-refractivity contribution < 1.29 is 4.74 Å². The van der Waals surface area contributed by atoms with Crippen molar-refractivity contribution in [3.63, 3.8) is 0 Å². The molecule has 0 N–H and O–H groups in total. The highest BCUT2D eigenvalue weighted by molar-refractivity contribution is 6.98. The van der Waals surface area contributed by atoms with Gasteiger partial charge in [-0.25, -0.2) is 0 Å². The van der Waals surface area contributed by atoms with Gasteiger partial charge >= 0.3 is 0 Å². The maximum Gasteiger partial charge on any atom is 0.0674 e. The third-order valence-corrected chi connectivity index (χ3v) is 18.1. The maximum atomic E-state index is 5.37. The molecule has 1 rings (SSSR count). The minimum absolute atomic E-state index is 0.296. The summed E-state index contributed by atoms with van der Waals surface area (Å²) < 4.78 is 8.30. The van der Waals surface area contributed by atoms with Crippen LogP contribution in [0.5, 0.6) is 0 Å². The van der Waals surface area contributed by atoms with E-state index < -0.39 is 0 Å². The van der Waals surface area contributed by atoms with Crippen LogP contribution >= 0.6 is 0 Å². The van der Waals surface area contributed by atoms with E-state index in [9.17, 15) is 0 Å². The lowest BCUT2D eigenvalue weighted by Crippen LogP contribution is -2.44. The predicted molar refractivity (Wildman–Crippen MR) is 62.6 cm³/mol. The van der Waals surface area contributed by atoms with Gasteiger partial charge in [-0.3, -0.25) is 0 Å². The second-order valence-corrected chi connectivity index (χ2v) is 10.6. The fourth-order valence-corrected chi connectivity index (χ4v) is 24.5. The second kappa shape index (κ2) is 5.44. The quantitative estimate of drug-likeness (QED) is 0.453. The van der Waals surface area contributed by atoms with Crippen LogP contribution in [-0.4, -0.2) is 61.4 Å². The lowest BCUT2D eigenvalue weighted by Gasteiger charge is -2.33. The van der Waals surface area contributed by atoms with E-state index in [1.54, 1.807) is 0 Å². The summed E-state index contributed by atoms with van der Waals surface area (Å²) in [6.45, 7) is 2.07. The summed E-state index contributed by atoms with van der Waals surface area (Å²) in [6.07, 6.45) is 2.68. The molecule has 0 atom stereocenters. The van der Waals surface area contributed by atoms with Gasteiger partial charge in [-0.2, -0.15) is 0 Å². The van der Waals surface area contributed by atoms with Gasteiger partial charge in [-0.1, -0.05) is 0 Å². The third-order valence-electron chi connectivity index (χ3n) is 2.52. The van der Waals surface area contributed by atoms with Gasteiger partial charge in [0.15, 0.2) is 0 Å². The Balaban J connectivity index is 2.30. The summed E-state index contributed by atoms with van der Waals surface area (Å²) in [6, 6.07) is 0.983. The second-order valence-electron chi connectivity index (χ2n) is 3.06. The summed E-state index contributed by atoms with van der Waals surface area (Å²) in [5.41, 5.74) is 0. The number of ether oxygens (including phenoxy) is 1. The first-order valence-electron chi connectivity index (χ1n) is 4.70. The van der Waals surface area contributed by atoms with Crippen molar-refractivity contribution in [2.45, 2.75) is 18.9 Å². The van der Waals surface area contributed by atoms with E-state index in [2.05, 4.69) is 4.23 Å². The lowest BCUT2D eigenvalue weighted by atomic mass is 10.1. The van der Waals surface area contributed by atoms with Crippen LogP contribution in [0.4, 0.5) is 0 Å². The topological polar surface area (TPSA) is 12.5 Å². The molecule has 0 aromatic heterocycles. The minimum Gasteiger partial charge on any atom is -0.381 e. The maximum absolute atomic E-state index is 5.37. The molecule has 66 valence electrons. The fraction of sp³-hybridized carbons (Fsp3) is 1.00. The molecule has 0 aromatic carbocycles. The van der Waals surface area contributed by atoms with Crippen LogP contribution in [0.1, 0.15) is 12.8 Å². The Labute approximate surface area is 79.3 Å². The third kappa shape index (κ3) is 2.96. The number of rotatable bonds is 3. The zero-order valence-electron chi connectivity index (χ0n) is 7.68. The molecule has 0 amide bonds. The summed E-state index contributed by atoms with van der Waals surface area (Å²) in [4.78, 5) is 0. The van der Waals surface area contributed by atoms with Crippen molar-refractivity contribution in [3.05, 3.63) is 0 Å². The van der Waals surface area contributed by atoms with Crippen LogP contribution < -0.4 is 0 Å². The van der Waals surface area contributed by atoms with E-state index in [0.717, 1.165) is 19.3 Å². The highest BCUT2D eigenvalue weighted by atomic mass is 29.2. The average molecular weight is 222 g/mol. The molecule has 1 aliphatic heterocycles. The molecule has 0 unspecified atom stereocenters. The molecule has 0 aliphatic carbocycles. The monoisotopic (exact) mass is 221 g/mol. The van der Waals surface area contributed by atoms with Crippen molar-refractivity contribution >= 4 is 37.9 Å². The van der Waals surface area contributed by atoms with Crippen molar-refractivity contribution in [2.24, 2.45) is 0 Å². The SMILES string of the molecule is [SiH3][SiH2]N([SiH2][SiH3])C1CCOCC1. The molecular formula is C5H19NOSi4. The van der Waals surface area contributed by atoms with Gasteiger partial charge in [0.05, 0.1) is 18.4 Å². The Kier molecular flexibility index (Phi) is 4.88. The summed E-state index contributed by atoms with van der Waals surface area (Å²) in [5.74, 6) is 0. The molecule has 0 spiro atoms. The van der Waals surface area contributed by atoms with E-state index in [4.69, 9.17) is 4.74 Å². The first kappa shape index (κ1) is 9.87. The van der Waals surface area contributed by atoms with Gasteiger partial charge in [-0.15, -0.1) is 0 Å². The van der Waals surface area contributed by atoms with Crippen molar-refractivity contribution in [1.29, 1.82) is 0 Å². The molecule has 0 saturated carbocycles. The zero-order chi connectivity index (χ0) is 8.10. The molecule has 2 nitrogen and oxygen atoms in total. The molecule has 0 aromatic rings. The van der Waals surface area contributed by atoms with Crippen molar-refractivity contribution in [3.8, 4) is 0 Å². The molecule has 1 saturated heterocycles. The molecule has 1 fully saturated rings. The average Bonchev–Trinajstić information content (AvgIpc) is 2.09. The van der Waals surface area contributed by atoms with E-state index in [1.807, 2.05) is 0 Å². The van der Waals surface area contributed by atoms with Crippen LogP contribution in [0.2, 0.25) is 0 Å². The molecule has 0 radical (unpaired) electrons. The Morgan fingerprint density at radius 1 is 1.18 bits per heavy atom. The van der Waals surface area contributed by atoms with Crippen LogP contribution in [0.3, 0.4) is 0 Å². The van der Waals surface area contributed by atoms with Crippen LogP contribution in [0.25, 0.3) is 0 Å². The number of hydrogen-bond acceptors (Lipinski definition) is 2. The Morgan fingerprint density at radius 3 is 2.18 bits per heavy atom. The number of nitrogens with zero attached hydrogens (tertiary/aromatic N) is 1. The van der Waals surface area contributed by atoms with Crippen LogP contribution in [-0.2, 0) is 4.74 Å². The normalized spacial score (nSPS) is 23.7. The minimum atomic E-state index is 0.296. The summed E-state index contributed by atoms with van der Waals surface area (Å²) >= 11 is 0. The van der Waals surface area contributed by atoms with Gasteiger partial charge in [-0.05, 0) is 12.8 Å². The predicted octanol–water partition coefficient (Wildman–Crippen LogP) is -3.80. The highest BCUT2D eigenvalue weighted by Crippen LogP contribution is 2.11. The fourth-order valence-electron chi connectivity index (χ4n) is 1.79. The standard InChI is InChI=1S/C5H19NOSi4/c8-10-6(11-9)5-1-3-7-4-2-5/h5H,1-4,10-11H2,8-9H3. The van der Waals surface area contributed by atoms with E-state index in [1.165, 1.54) is 32.4 Å². The molecule has 1 aliphatic rings. The van der Waals surface area contributed by atoms with Gasteiger partial charge in [0.1, 0.15) is 0 Å². The Bertz CT molecular complexity index is 105. The molecular weight excluding hydrogens is 202 g/mol. The van der Waals surface area contributed by atoms with Gasteiger partial charge < -0.3 is 8.97 Å². The largest absolute Gasteiger partial charge is 0.381 e. The Hall–Kier alpha value is 0.788. The van der Waals surface area contributed by atoms with Gasteiger partial charge in [0.2, 0.25) is 0 Å². The Morgan fingerprint density at radius 2 is 1.73 bits per heavy atom. The smallest absolute Gasteiger partial charge is 0.0674 e.